The third kappa shape index (κ3) is 5.06. The first-order chi connectivity index (χ1) is 11.1. The van der Waals surface area contributed by atoms with Crippen molar-refractivity contribution in [3.05, 3.63) is 53.0 Å². The minimum atomic E-state index is 0.614. The Hall–Kier alpha value is -2.43. The molecule has 0 unspecified atom stereocenters. The zero-order chi connectivity index (χ0) is 16.7. The van der Waals surface area contributed by atoms with Gasteiger partial charge in [-0.2, -0.15) is 0 Å². The number of methoxy groups -OCH3 is 1. The predicted molar refractivity (Wildman–Crippen MR) is 92.8 cm³/mol. The number of nitrogens with one attached hydrogen (secondary N) is 2. The Balaban J connectivity index is 1.97. The van der Waals surface area contributed by atoms with E-state index in [2.05, 4.69) is 28.6 Å². The molecule has 1 heterocycles. The van der Waals surface area contributed by atoms with E-state index in [1.54, 1.807) is 7.11 Å². The fourth-order valence-corrected chi connectivity index (χ4v) is 2.28. The maximum Gasteiger partial charge on any atom is 0.191 e. The van der Waals surface area contributed by atoms with E-state index in [9.17, 15) is 0 Å². The van der Waals surface area contributed by atoms with Gasteiger partial charge in [-0.1, -0.05) is 12.1 Å². The molecule has 0 aliphatic rings. The Morgan fingerprint density at radius 3 is 2.48 bits per heavy atom. The highest BCUT2D eigenvalue weighted by Crippen LogP contribution is 2.13. The van der Waals surface area contributed by atoms with E-state index < -0.39 is 0 Å². The lowest BCUT2D eigenvalue weighted by Gasteiger charge is -2.11. The van der Waals surface area contributed by atoms with E-state index in [-0.39, 0.29) is 0 Å². The van der Waals surface area contributed by atoms with Crippen molar-refractivity contribution in [2.24, 2.45) is 4.99 Å². The lowest BCUT2D eigenvalue weighted by molar-refractivity contribution is 0.414. The molecule has 2 rings (SSSR count). The van der Waals surface area contributed by atoms with Gasteiger partial charge >= 0.3 is 0 Å². The van der Waals surface area contributed by atoms with Gasteiger partial charge in [-0.15, -0.1) is 0 Å². The molecule has 5 heteroatoms. The van der Waals surface area contributed by atoms with Crippen molar-refractivity contribution in [2.75, 3.05) is 13.7 Å². The maximum atomic E-state index is 5.55. The topological polar surface area (TPSA) is 58.8 Å². The average molecular weight is 315 g/mol. The number of ether oxygens (including phenoxy) is 1. The van der Waals surface area contributed by atoms with Crippen LogP contribution in [-0.4, -0.2) is 19.6 Å². The fourth-order valence-electron chi connectivity index (χ4n) is 2.28. The van der Waals surface area contributed by atoms with Crippen molar-refractivity contribution in [1.29, 1.82) is 0 Å². The third-order valence-electron chi connectivity index (χ3n) is 3.51. The van der Waals surface area contributed by atoms with Crippen LogP contribution < -0.4 is 15.4 Å². The monoisotopic (exact) mass is 315 g/mol. The molecule has 0 radical (unpaired) electrons. The van der Waals surface area contributed by atoms with Gasteiger partial charge in [0.05, 0.1) is 13.7 Å². The molecule has 0 aliphatic carbocycles. The van der Waals surface area contributed by atoms with Gasteiger partial charge in [0.1, 0.15) is 17.3 Å². The quantitative estimate of drug-likeness (QED) is 0.635. The second-order valence-corrected chi connectivity index (χ2v) is 5.34. The number of benzene rings is 1. The lowest BCUT2D eigenvalue weighted by Crippen LogP contribution is -2.36. The molecular weight excluding hydrogens is 290 g/mol. The average Bonchev–Trinajstić information content (AvgIpc) is 2.88. The molecule has 1 aromatic heterocycles. The Labute approximate surface area is 137 Å². The second-order valence-electron chi connectivity index (χ2n) is 5.34. The number of aryl methyl sites for hydroxylation is 2. The van der Waals surface area contributed by atoms with Gasteiger partial charge in [-0.3, -0.25) is 0 Å². The fraction of sp³-hybridized carbons (Fsp3) is 0.389. The third-order valence-corrected chi connectivity index (χ3v) is 3.51. The molecule has 0 saturated carbocycles. The van der Waals surface area contributed by atoms with Crippen LogP contribution in [0.3, 0.4) is 0 Å². The summed E-state index contributed by atoms with van der Waals surface area (Å²) in [5.41, 5.74) is 2.29. The van der Waals surface area contributed by atoms with E-state index in [1.165, 1.54) is 0 Å². The number of nitrogens with zero attached hydrogens (tertiary/aromatic N) is 1. The smallest absolute Gasteiger partial charge is 0.191 e. The summed E-state index contributed by atoms with van der Waals surface area (Å²) in [5.74, 6) is 3.52. The normalized spacial score (nSPS) is 11.4. The molecule has 0 amide bonds. The molecule has 0 fully saturated rings. The molecule has 0 saturated heterocycles. The van der Waals surface area contributed by atoms with Gasteiger partial charge in [-0.05, 0) is 44.5 Å². The van der Waals surface area contributed by atoms with Crippen LogP contribution in [0.2, 0.25) is 0 Å². The van der Waals surface area contributed by atoms with Crippen LogP contribution in [0.5, 0.6) is 5.75 Å². The van der Waals surface area contributed by atoms with E-state index in [0.29, 0.717) is 13.1 Å². The van der Waals surface area contributed by atoms with Crippen LogP contribution in [-0.2, 0) is 13.1 Å². The van der Waals surface area contributed by atoms with E-state index in [4.69, 9.17) is 9.15 Å². The molecule has 5 nitrogen and oxygen atoms in total. The summed E-state index contributed by atoms with van der Waals surface area (Å²) < 4.78 is 10.7. The number of hydrogen-bond acceptors (Lipinski definition) is 3. The molecule has 0 spiro atoms. The number of rotatable bonds is 6. The van der Waals surface area contributed by atoms with Crippen LogP contribution in [0.4, 0.5) is 0 Å². The SMILES string of the molecule is CCNC(=NCc1ccc(OC)cc1)NCc1cc(C)oc1C. The highest BCUT2D eigenvalue weighted by atomic mass is 16.5. The van der Waals surface area contributed by atoms with E-state index in [0.717, 1.165) is 40.9 Å². The number of guanidine groups is 1. The van der Waals surface area contributed by atoms with Crippen LogP contribution in [0, 0.1) is 13.8 Å². The lowest BCUT2D eigenvalue weighted by atomic mass is 10.2. The first-order valence-corrected chi connectivity index (χ1v) is 7.83. The molecule has 2 N–H and O–H groups in total. The minimum Gasteiger partial charge on any atom is -0.497 e. The summed E-state index contributed by atoms with van der Waals surface area (Å²) in [5, 5.41) is 6.59. The van der Waals surface area contributed by atoms with Crippen molar-refractivity contribution in [3.8, 4) is 5.75 Å². The van der Waals surface area contributed by atoms with Crippen molar-refractivity contribution in [1.82, 2.24) is 10.6 Å². The largest absolute Gasteiger partial charge is 0.497 e. The molecule has 0 bridgehead atoms. The summed E-state index contributed by atoms with van der Waals surface area (Å²) in [6, 6.07) is 9.99. The second kappa shape index (κ2) is 8.27. The van der Waals surface area contributed by atoms with Gasteiger partial charge in [0.25, 0.3) is 0 Å². The molecular formula is C18H25N3O2. The van der Waals surface area contributed by atoms with Crippen molar-refractivity contribution < 1.29 is 9.15 Å². The summed E-state index contributed by atoms with van der Waals surface area (Å²) in [6.07, 6.45) is 0. The Morgan fingerprint density at radius 1 is 1.17 bits per heavy atom. The van der Waals surface area contributed by atoms with Crippen LogP contribution in [0.1, 0.15) is 29.6 Å². The number of aliphatic imine (C=N–C) groups is 1. The van der Waals surface area contributed by atoms with E-state index in [1.807, 2.05) is 38.1 Å². The van der Waals surface area contributed by atoms with Crippen molar-refractivity contribution in [3.63, 3.8) is 0 Å². The van der Waals surface area contributed by atoms with Gasteiger partial charge < -0.3 is 19.8 Å². The molecule has 124 valence electrons. The van der Waals surface area contributed by atoms with Crippen molar-refractivity contribution in [2.45, 2.75) is 33.9 Å². The Kier molecular flexibility index (Phi) is 6.09. The van der Waals surface area contributed by atoms with E-state index >= 15 is 0 Å². The van der Waals surface area contributed by atoms with Gasteiger partial charge in [-0.25, -0.2) is 4.99 Å². The first kappa shape index (κ1) is 16.9. The zero-order valence-corrected chi connectivity index (χ0v) is 14.3. The Bertz CT molecular complexity index is 645. The zero-order valence-electron chi connectivity index (χ0n) is 14.3. The maximum absolute atomic E-state index is 5.55. The summed E-state index contributed by atoms with van der Waals surface area (Å²) >= 11 is 0. The molecule has 23 heavy (non-hydrogen) atoms. The standard InChI is InChI=1S/C18H25N3O2/c1-5-19-18(21-12-16-10-13(2)23-14(16)3)20-11-15-6-8-17(22-4)9-7-15/h6-10H,5,11-12H2,1-4H3,(H2,19,20,21). The summed E-state index contributed by atoms with van der Waals surface area (Å²) in [4.78, 5) is 4.61. The highest BCUT2D eigenvalue weighted by molar-refractivity contribution is 5.79. The van der Waals surface area contributed by atoms with Gasteiger partial charge in [0, 0.05) is 18.7 Å². The van der Waals surface area contributed by atoms with Crippen LogP contribution in [0.15, 0.2) is 39.7 Å². The summed E-state index contributed by atoms with van der Waals surface area (Å²) in [6.45, 7) is 8.11. The minimum absolute atomic E-state index is 0.614. The molecule has 2 aromatic rings. The van der Waals surface area contributed by atoms with Crippen LogP contribution in [0.25, 0.3) is 0 Å². The van der Waals surface area contributed by atoms with Crippen LogP contribution >= 0.6 is 0 Å². The molecule has 0 aliphatic heterocycles. The highest BCUT2D eigenvalue weighted by Gasteiger charge is 2.05. The Morgan fingerprint density at radius 2 is 1.91 bits per heavy atom. The van der Waals surface area contributed by atoms with Crippen molar-refractivity contribution >= 4 is 5.96 Å². The first-order valence-electron chi connectivity index (χ1n) is 7.83. The number of hydrogen-bond donors (Lipinski definition) is 2. The molecule has 0 atom stereocenters. The van der Waals surface area contributed by atoms with Gasteiger partial charge in [0.2, 0.25) is 0 Å². The molecule has 1 aromatic carbocycles. The predicted octanol–water partition coefficient (Wildman–Crippen LogP) is 3.16. The summed E-state index contributed by atoms with van der Waals surface area (Å²) in [7, 11) is 1.67. The van der Waals surface area contributed by atoms with Gasteiger partial charge in [0.15, 0.2) is 5.96 Å². The number of furan rings is 1.